The molecule has 2 aliphatic rings. The maximum absolute atomic E-state index is 12.3. The molecule has 19 heavy (non-hydrogen) atoms. The first-order valence-electron chi connectivity index (χ1n) is 6.48. The van der Waals surface area contributed by atoms with Crippen molar-refractivity contribution in [2.24, 2.45) is 11.8 Å². The van der Waals surface area contributed by atoms with Gasteiger partial charge in [0.2, 0.25) is 0 Å². The second kappa shape index (κ2) is 4.65. The highest BCUT2D eigenvalue weighted by atomic mass is 16.6. The molecular weight excluding hydrogens is 248 g/mol. The summed E-state index contributed by atoms with van der Waals surface area (Å²) in [5, 5.41) is 14.0. The lowest BCUT2D eigenvalue weighted by molar-refractivity contribution is -0.384. The van der Waals surface area contributed by atoms with E-state index in [1.165, 1.54) is 12.3 Å². The van der Waals surface area contributed by atoms with Crippen LogP contribution in [0, 0.1) is 22.0 Å². The number of hydrogen-bond acceptors (Lipinski definition) is 4. The minimum Gasteiger partial charge on any atom is -0.351 e. The van der Waals surface area contributed by atoms with Crippen LogP contribution in [0.2, 0.25) is 0 Å². The van der Waals surface area contributed by atoms with Crippen LogP contribution in [0.25, 0.3) is 0 Å². The SMILES string of the molecule is O=C(c1cc([N+](=O)[O-])c[nH]1)N1CCC2CNCC2C1. The van der Waals surface area contributed by atoms with E-state index >= 15 is 0 Å². The van der Waals surface area contributed by atoms with Gasteiger partial charge in [-0.05, 0) is 31.3 Å². The molecular formula is C12H16N4O3. The number of aromatic nitrogens is 1. The number of H-pyrrole nitrogens is 1. The van der Waals surface area contributed by atoms with Gasteiger partial charge in [0.1, 0.15) is 5.69 Å². The van der Waals surface area contributed by atoms with Crippen molar-refractivity contribution in [2.75, 3.05) is 26.2 Å². The third-order valence-corrected chi connectivity index (χ3v) is 4.10. The van der Waals surface area contributed by atoms with Gasteiger partial charge in [-0.15, -0.1) is 0 Å². The van der Waals surface area contributed by atoms with Crippen molar-refractivity contribution in [2.45, 2.75) is 6.42 Å². The van der Waals surface area contributed by atoms with Gasteiger partial charge in [-0.2, -0.15) is 0 Å². The van der Waals surface area contributed by atoms with Gasteiger partial charge in [0.25, 0.3) is 11.6 Å². The number of carbonyl (C=O) groups is 1. The number of aromatic amines is 1. The smallest absolute Gasteiger partial charge is 0.287 e. The Morgan fingerprint density at radius 1 is 1.42 bits per heavy atom. The van der Waals surface area contributed by atoms with Crippen molar-refractivity contribution in [3.63, 3.8) is 0 Å². The largest absolute Gasteiger partial charge is 0.351 e. The van der Waals surface area contributed by atoms with Crippen LogP contribution in [0.1, 0.15) is 16.9 Å². The number of hydrogen-bond donors (Lipinski definition) is 2. The van der Waals surface area contributed by atoms with Gasteiger partial charge < -0.3 is 15.2 Å². The third-order valence-electron chi connectivity index (χ3n) is 4.10. The predicted molar refractivity (Wildman–Crippen MR) is 67.8 cm³/mol. The molecule has 7 heteroatoms. The summed E-state index contributed by atoms with van der Waals surface area (Å²) in [4.78, 5) is 26.9. The summed E-state index contributed by atoms with van der Waals surface area (Å²) in [5.74, 6) is 1.04. The summed E-state index contributed by atoms with van der Waals surface area (Å²) in [7, 11) is 0. The first-order valence-corrected chi connectivity index (χ1v) is 6.48. The molecule has 0 saturated carbocycles. The van der Waals surface area contributed by atoms with Crippen LogP contribution in [0.5, 0.6) is 0 Å². The van der Waals surface area contributed by atoms with E-state index in [-0.39, 0.29) is 11.6 Å². The van der Waals surface area contributed by atoms with Crippen LogP contribution in [-0.4, -0.2) is 46.9 Å². The van der Waals surface area contributed by atoms with Gasteiger partial charge in [-0.25, -0.2) is 0 Å². The topological polar surface area (TPSA) is 91.3 Å². The highest BCUT2D eigenvalue weighted by Crippen LogP contribution is 2.27. The lowest BCUT2D eigenvalue weighted by atomic mass is 9.88. The average Bonchev–Trinajstić information content (AvgIpc) is 3.06. The number of amides is 1. The molecule has 2 N–H and O–H groups in total. The lowest BCUT2D eigenvalue weighted by Gasteiger charge is -2.34. The molecule has 2 fully saturated rings. The van der Waals surface area contributed by atoms with Crippen LogP contribution in [0.3, 0.4) is 0 Å². The van der Waals surface area contributed by atoms with Crippen molar-refractivity contribution in [3.05, 3.63) is 28.1 Å². The maximum Gasteiger partial charge on any atom is 0.287 e. The Morgan fingerprint density at radius 3 is 2.95 bits per heavy atom. The summed E-state index contributed by atoms with van der Waals surface area (Å²) in [6, 6.07) is 1.31. The Balaban J connectivity index is 1.71. The summed E-state index contributed by atoms with van der Waals surface area (Å²) >= 11 is 0. The third kappa shape index (κ3) is 2.21. The fraction of sp³-hybridized carbons (Fsp3) is 0.583. The Bertz CT molecular complexity index is 513. The number of carbonyl (C=O) groups excluding carboxylic acids is 1. The summed E-state index contributed by atoms with van der Waals surface area (Å²) in [6.07, 6.45) is 2.27. The molecule has 2 unspecified atom stereocenters. The van der Waals surface area contributed by atoms with E-state index in [4.69, 9.17) is 0 Å². The Kier molecular flexibility index (Phi) is 2.98. The number of rotatable bonds is 2. The monoisotopic (exact) mass is 264 g/mol. The number of nitrogens with zero attached hydrogens (tertiary/aromatic N) is 2. The molecule has 0 spiro atoms. The fourth-order valence-corrected chi connectivity index (χ4v) is 3.00. The maximum atomic E-state index is 12.3. The average molecular weight is 264 g/mol. The van der Waals surface area contributed by atoms with Gasteiger partial charge in [-0.3, -0.25) is 14.9 Å². The van der Waals surface area contributed by atoms with Crippen molar-refractivity contribution in [1.82, 2.24) is 15.2 Å². The molecule has 2 saturated heterocycles. The fourth-order valence-electron chi connectivity index (χ4n) is 3.00. The van der Waals surface area contributed by atoms with E-state index in [2.05, 4.69) is 10.3 Å². The summed E-state index contributed by atoms with van der Waals surface area (Å²) < 4.78 is 0. The standard InChI is InChI=1S/C12H16N4O3/c17-12(11-3-10(6-14-11)16(18)19)15-2-1-8-4-13-5-9(8)7-15/h3,6,8-9,13-14H,1-2,4-5,7H2. The van der Waals surface area contributed by atoms with Gasteiger partial charge >= 0.3 is 0 Å². The highest BCUT2D eigenvalue weighted by molar-refractivity contribution is 5.93. The van der Waals surface area contributed by atoms with Crippen LogP contribution < -0.4 is 5.32 Å². The normalized spacial score (nSPS) is 26.2. The van der Waals surface area contributed by atoms with Crippen LogP contribution >= 0.6 is 0 Å². The van der Waals surface area contributed by atoms with E-state index in [0.29, 0.717) is 17.5 Å². The first kappa shape index (κ1) is 12.2. The van der Waals surface area contributed by atoms with E-state index in [1.807, 2.05) is 0 Å². The molecule has 0 bridgehead atoms. The first-order chi connectivity index (χ1) is 9.15. The van der Waals surface area contributed by atoms with Gasteiger partial charge in [0, 0.05) is 19.2 Å². The molecule has 0 aliphatic carbocycles. The summed E-state index contributed by atoms with van der Waals surface area (Å²) in [6.45, 7) is 3.47. The van der Waals surface area contributed by atoms with Gasteiger partial charge in [-0.1, -0.05) is 0 Å². The number of nitro groups is 1. The molecule has 0 radical (unpaired) electrons. The van der Waals surface area contributed by atoms with Crippen molar-refractivity contribution >= 4 is 11.6 Å². The van der Waals surface area contributed by atoms with E-state index < -0.39 is 4.92 Å². The molecule has 7 nitrogen and oxygen atoms in total. The molecule has 102 valence electrons. The number of nitrogens with one attached hydrogen (secondary N) is 2. The second-order valence-corrected chi connectivity index (χ2v) is 5.25. The molecule has 3 rings (SSSR count). The van der Waals surface area contributed by atoms with Crippen molar-refractivity contribution in [3.8, 4) is 0 Å². The number of fused-ring (bicyclic) bond motifs is 1. The zero-order valence-electron chi connectivity index (χ0n) is 10.5. The van der Waals surface area contributed by atoms with E-state index in [0.717, 1.165) is 32.6 Å². The van der Waals surface area contributed by atoms with Gasteiger partial charge in [0.15, 0.2) is 0 Å². The molecule has 3 heterocycles. The lowest BCUT2D eigenvalue weighted by Crippen LogP contribution is -2.43. The highest BCUT2D eigenvalue weighted by Gasteiger charge is 2.35. The number of piperidine rings is 1. The van der Waals surface area contributed by atoms with Crippen molar-refractivity contribution < 1.29 is 9.72 Å². The summed E-state index contributed by atoms with van der Waals surface area (Å²) in [5.41, 5.74) is 0.233. The van der Waals surface area contributed by atoms with E-state index in [9.17, 15) is 14.9 Å². The second-order valence-electron chi connectivity index (χ2n) is 5.25. The zero-order chi connectivity index (χ0) is 13.4. The molecule has 0 aromatic carbocycles. The minimum atomic E-state index is -0.500. The number of likely N-dealkylation sites (tertiary alicyclic amines) is 1. The quantitative estimate of drug-likeness (QED) is 0.604. The van der Waals surface area contributed by atoms with Gasteiger partial charge in [0.05, 0.1) is 11.1 Å². The van der Waals surface area contributed by atoms with Crippen LogP contribution in [0.15, 0.2) is 12.3 Å². The molecule has 2 aliphatic heterocycles. The Hall–Kier alpha value is -1.89. The molecule has 1 aromatic rings. The molecule has 1 amide bonds. The van der Waals surface area contributed by atoms with Crippen LogP contribution in [0.4, 0.5) is 5.69 Å². The Labute approximate surface area is 110 Å². The Morgan fingerprint density at radius 2 is 2.21 bits per heavy atom. The zero-order valence-corrected chi connectivity index (χ0v) is 10.5. The predicted octanol–water partition coefficient (Wildman–Crippen LogP) is 0.604. The van der Waals surface area contributed by atoms with E-state index in [1.54, 1.807) is 4.90 Å². The van der Waals surface area contributed by atoms with Crippen LogP contribution in [-0.2, 0) is 0 Å². The van der Waals surface area contributed by atoms with Crippen molar-refractivity contribution in [1.29, 1.82) is 0 Å². The molecule has 1 aromatic heterocycles. The molecule has 2 atom stereocenters. The minimum absolute atomic E-state index is 0.0687.